The van der Waals surface area contributed by atoms with Crippen molar-refractivity contribution in [3.05, 3.63) is 22.4 Å². The molecule has 0 radical (unpaired) electrons. The molecule has 0 saturated heterocycles. The van der Waals surface area contributed by atoms with Crippen LogP contribution in [0.3, 0.4) is 0 Å². The van der Waals surface area contributed by atoms with Gasteiger partial charge in [-0.15, -0.1) is 0 Å². The molecule has 2 N–H and O–H groups in total. The SMILES string of the molecule is CCOC(C)Cn1c(N)nc2cc(F)c(Br)cc21. The maximum atomic E-state index is 13.4. The summed E-state index contributed by atoms with van der Waals surface area (Å²) in [7, 11) is 0. The molecule has 0 fully saturated rings. The summed E-state index contributed by atoms with van der Waals surface area (Å²) in [5, 5.41) is 0. The molecule has 98 valence electrons. The van der Waals surface area contributed by atoms with Gasteiger partial charge in [-0.1, -0.05) is 0 Å². The lowest BCUT2D eigenvalue weighted by Gasteiger charge is -2.14. The Kier molecular flexibility index (Phi) is 3.87. The quantitative estimate of drug-likeness (QED) is 0.943. The number of aromatic nitrogens is 2. The van der Waals surface area contributed by atoms with E-state index in [-0.39, 0.29) is 11.9 Å². The van der Waals surface area contributed by atoms with E-state index in [1.807, 2.05) is 18.4 Å². The molecule has 1 aromatic heterocycles. The third-order valence-electron chi connectivity index (χ3n) is 2.71. The van der Waals surface area contributed by atoms with Crippen LogP contribution >= 0.6 is 15.9 Å². The van der Waals surface area contributed by atoms with Gasteiger partial charge in [0.15, 0.2) is 0 Å². The molecule has 0 saturated carbocycles. The van der Waals surface area contributed by atoms with Crippen molar-refractivity contribution in [2.24, 2.45) is 0 Å². The molecule has 1 unspecified atom stereocenters. The second-order valence-electron chi connectivity index (χ2n) is 4.10. The largest absolute Gasteiger partial charge is 0.377 e. The molecule has 4 nitrogen and oxygen atoms in total. The molecule has 0 aliphatic rings. The van der Waals surface area contributed by atoms with Crippen LogP contribution in [0.5, 0.6) is 0 Å². The molecule has 18 heavy (non-hydrogen) atoms. The predicted molar refractivity (Wildman–Crippen MR) is 72.9 cm³/mol. The molecule has 0 aliphatic carbocycles. The Balaban J connectivity index is 2.43. The minimum absolute atomic E-state index is 0.0264. The number of ether oxygens (including phenoxy) is 1. The number of hydrogen-bond donors (Lipinski definition) is 1. The van der Waals surface area contributed by atoms with Crippen LogP contribution in [0.2, 0.25) is 0 Å². The minimum atomic E-state index is -0.343. The number of anilines is 1. The van der Waals surface area contributed by atoms with Crippen LogP contribution < -0.4 is 5.73 Å². The van der Waals surface area contributed by atoms with Gasteiger partial charge in [0.25, 0.3) is 0 Å². The molecule has 1 atom stereocenters. The van der Waals surface area contributed by atoms with Crippen molar-refractivity contribution in [3.63, 3.8) is 0 Å². The maximum absolute atomic E-state index is 13.4. The van der Waals surface area contributed by atoms with Gasteiger partial charge in [0.1, 0.15) is 5.82 Å². The summed E-state index contributed by atoms with van der Waals surface area (Å²) in [6, 6.07) is 3.06. The number of hydrogen-bond acceptors (Lipinski definition) is 3. The molecular formula is C12H15BrFN3O. The normalized spacial score (nSPS) is 13.1. The Morgan fingerprint density at radius 1 is 1.56 bits per heavy atom. The average molecular weight is 316 g/mol. The van der Waals surface area contributed by atoms with Crippen LogP contribution in [0.1, 0.15) is 13.8 Å². The second-order valence-corrected chi connectivity index (χ2v) is 4.96. The summed E-state index contributed by atoms with van der Waals surface area (Å²) in [5.41, 5.74) is 7.21. The van der Waals surface area contributed by atoms with E-state index in [1.54, 1.807) is 6.07 Å². The summed E-state index contributed by atoms with van der Waals surface area (Å²) in [6.07, 6.45) is 0.0264. The van der Waals surface area contributed by atoms with Crippen LogP contribution in [0.25, 0.3) is 11.0 Å². The fourth-order valence-electron chi connectivity index (χ4n) is 1.92. The van der Waals surface area contributed by atoms with Crippen LogP contribution in [-0.4, -0.2) is 22.3 Å². The molecule has 1 aromatic carbocycles. The van der Waals surface area contributed by atoms with E-state index in [0.717, 1.165) is 5.52 Å². The smallest absolute Gasteiger partial charge is 0.201 e. The third-order valence-corrected chi connectivity index (χ3v) is 3.32. The second kappa shape index (κ2) is 5.24. The highest BCUT2D eigenvalue weighted by molar-refractivity contribution is 9.10. The molecule has 6 heteroatoms. The van der Waals surface area contributed by atoms with E-state index in [4.69, 9.17) is 10.5 Å². The first-order chi connectivity index (χ1) is 8.52. The first kappa shape index (κ1) is 13.3. The Labute approximate surface area is 113 Å². The molecular weight excluding hydrogens is 301 g/mol. The van der Waals surface area contributed by atoms with Crippen molar-refractivity contribution in [2.45, 2.75) is 26.5 Å². The minimum Gasteiger partial charge on any atom is -0.377 e. The molecule has 0 aliphatic heterocycles. The Bertz CT molecular complexity index is 570. The van der Waals surface area contributed by atoms with Gasteiger partial charge >= 0.3 is 0 Å². The Morgan fingerprint density at radius 2 is 2.28 bits per heavy atom. The summed E-state index contributed by atoms with van der Waals surface area (Å²) in [5.74, 6) is 0.0269. The molecule has 2 rings (SSSR count). The summed E-state index contributed by atoms with van der Waals surface area (Å²) < 4.78 is 21.1. The van der Waals surface area contributed by atoms with E-state index >= 15 is 0 Å². The summed E-state index contributed by atoms with van der Waals surface area (Å²) in [4.78, 5) is 4.15. The zero-order valence-corrected chi connectivity index (χ0v) is 11.9. The van der Waals surface area contributed by atoms with Gasteiger partial charge in [-0.05, 0) is 35.8 Å². The topological polar surface area (TPSA) is 53.1 Å². The van der Waals surface area contributed by atoms with Gasteiger partial charge in [-0.2, -0.15) is 0 Å². The van der Waals surface area contributed by atoms with E-state index in [1.165, 1.54) is 6.07 Å². The van der Waals surface area contributed by atoms with E-state index < -0.39 is 0 Å². The first-order valence-corrected chi connectivity index (χ1v) is 6.54. The van der Waals surface area contributed by atoms with E-state index in [9.17, 15) is 4.39 Å². The molecule has 0 bridgehead atoms. The highest BCUT2D eigenvalue weighted by Crippen LogP contribution is 2.25. The number of nitrogens with two attached hydrogens (primary N) is 1. The Morgan fingerprint density at radius 3 is 2.94 bits per heavy atom. The number of halogens is 2. The van der Waals surface area contributed by atoms with Gasteiger partial charge in [0.05, 0.1) is 28.2 Å². The number of nitrogen functional groups attached to an aromatic ring is 1. The lowest BCUT2D eigenvalue weighted by atomic mass is 10.3. The summed E-state index contributed by atoms with van der Waals surface area (Å²) in [6.45, 7) is 5.14. The fourth-order valence-corrected chi connectivity index (χ4v) is 2.26. The number of nitrogens with zero attached hydrogens (tertiary/aromatic N) is 2. The first-order valence-electron chi connectivity index (χ1n) is 5.75. The van der Waals surface area contributed by atoms with Crippen molar-refractivity contribution >= 4 is 32.9 Å². The van der Waals surface area contributed by atoms with Gasteiger partial charge in [0.2, 0.25) is 5.95 Å². The standard InChI is InChI=1S/C12H15BrFN3O/c1-3-18-7(2)6-17-11-4-8(13)9(14)5-10(11)16-12(17)15/h4-5,7H,3,6H2,1-2H3,(H2,15,16). The van der Waals surface area contributed by atoms with Crippen LogP contribution in [0, 0.1) is 5.82 Å². The molecule has 1 heterocycles. The van der Waals surface area contributed by atoms with Crippen molar-refractivity contribution in [2.75, 3.05) is 12.3 Å². The highest BCUT2D eigenvalue weighted by atomic mass is 79.9. The van der Waals surface area contributed by atoms with Crippen LogP contribution in [0.15, 0.2) is 16.6 Å². The zero-order valence-electron chi connectivity index (χ0n) is 10.3. The van der Waals surface area contributed by atoms with Crippen LogP contribution in [0.4, 0.5) is 10.3 Å². The van der Waals surface area contributed by atoms with Crippen molar-refractivity contribution in [3.8, 4) is 0 Å². The van der Waals surface area contributed by atoms with Gasteiger partial charge in [-0.3, -0.25) is 0 Å². The highest BCUT2D eigenvalue weighted by Gasteiger charge is 2.13. The number of rotatable bonds is 4. The molecule has 2 aromatic rings. The van der Waals surface area contributed by atoms with E-state index in [2.05, 4.69) is 20.9 Å². The predicted octanol–water partition coefficient (Wildman–Crippen LogP) is 2.95. The van der Waals surface area contributed by atoms with Crippen molar-refractivity contribution < 1.29 is 9.13 Å². The van der Waals surface area contributed by atoms with Crippen LogP contribution in [-0.2, 0) is 11.3 Å². The summed E-state index contributed by atoms with van der Waals surface area (Å²) >= 11 is 3.17. The molecule has 0 amide bonds. The maximum Gasteiger partial charge on any atom is 0.201 e. The zero-order chi connectivity index (χ0) is 13.3. The monoisotopic (exact) mass is 315 g/mol. The lowest BCUT2D eigenvalue weighted by Crippen LogP contribution is -2.17. The van der Waals surface area contributed by atoms with Gasteiger partial charge < -0.3 is 15.0 Å². The Hall–Kier alpha value is -1.14. The van der Waals surface area contributed by atoms with E-state index in [0.29, 0.717) is 29.1 Å². The fraction of sp³-hybridized carbons (Fsp3) is 0.417. The number of imidazole rings is 1. The third kappa shape index (κ3) is 2.49. The average Bonchev–Trinajstić information content (AvgIpc) is 2.57. The van der Waals surface area contributed by atoms with Crippen molar-refractivity contribution in [1.29, 1.82) is 0 Å². The number of fused-ring (bicyclic) bond motifs is 1. The molecule has 0 spiro atoms. The van der Waals surface area contributed by atoms with Gasteiger partial charge in [0, 0.05) is 12.7 Å². The number of benzene rings is 1. The lowest BCUT2D eigenvalue weighted by molar-refractivity contribution is 0.0652. The van der Waals surface area contributed by atoms with Crippen molar-refractivity contribution in [1.82, 2.24) is 9.55 Å². The van der Waals surface area contributed by atoms with Gasteiger partial charge in [-0.25, -0.2) is 9.37 Å².